The highest BCUT2D eigenvalue weighted by Crippen LogP contribution is 2.37. The summed E-state index contributed by atoms with van der Waals surface area (Å²) in [6.45, 7) is 6.36. The van der Waals surface area contributed by atoms with Crippen molar-refractivity contribution >= 4 is 11.8 Å². The van der Waals surface area contributed by atoms with Gasteiger partial charge < -0.3 is 19.8 Å². The number of ether oxygens (including phenoxy) is 1. The summed E-state index contributed by atoms with van der Waals surface area (Å²) in [4.78, 5) is 21.7. The number of aromatic nitrogens is 2. The van der Waals surface area contributed by atoms with Crippen molar-refractivity contribution in [2.24, 2.45) is 0 Å². The third-order valence-corrected chi connectivity index (χ3v) is 6.92. The Hall–Kier alpha value is -3.00. The summed E-state index contributed by atoms with van der Waals surface area (Å²) in [7, 11) is 0. The number of fused-ring (bicyclic) bond motifs is 1. The van der Waals surface area contributed by atoms with Gasteiger partial charge in [-0.1, -0.05) is 38.0 Å². The Morgan fingerprint density at radius 2 is 1.80 bits per heavy atom. The molecule has 2 aliphatic rings. The Morgan fingerprint density at radius 3 is 2.49 bits per heavy atom. The number of pyridine rings is 1. The van der Waals surface area contributed by atoms with Gasteiger partial charge in [0, 0.05) is 56.5 Å². The zero-order chi connectivity index (χ0) is 24.6. The van der Waals surface area contributed by atoms with Crippen molar-refractivity contribution in [1.82, 2.24) is 14.5 Å². The predicted octanol–water partition coefficient (Wildman–Crippen LogP) is 3.65. The first-order valence-electron chi connectivity index (χ1n) is 12.9. The van der Waals surface area contributed by atoms with Gasteiger partial charge in [-0.25, -0.2) is 4.98 Å². The molecule has 1 saturated heterocycles. The topological polar surface area (TPSA) is 91.1 Å². The molecule has 8 nitrogen and oxygen atoms in total. The molecule has 0 aromatic carbocycles. The molecule has 190 valence electrons. The van der Waals surface area contributed by atoms with E-state index in [-0.39, 0.29) is 24.3 Å². The zero-order valence-electron chi connectivity index (χ0n) is 20.7. The molecule has 0 bridgehead atoms. The first-order valence-corrected chi connectivity index (χ1v) is 12.9. The van der Waals surface area contributed by atoms with E-state index >= 15 is 0 Å². The number of carbonyl (C=O) groups is 1. The van der Waals surface area contributed by atoms with Gasteiger partial charge in [0.25, 0.3) is 0 Å². The van der Waals surface area contributed by atoms with E-state index in [1.807, 2.05) is 36.5 Å². The van der Waals surface area contributed by atoms with Gasteiger partial charge in [-0.2, -0.15) is 0 Å². The lowest BCUT2D eigenvalue weighted by molar-refractivity contribution is -0.151. The van der Waals surface area contributed by atoms with E-state index in [1.54, 1.807) is 0 Å². The lowest BCUT2D eigenvalue weighted by atomic mass is 10.0. The van der Waals surface area contributed by atoms with Crippen LogP contribution in [0.5, 0.6) is 11.8 Å². The molecule has 0 saturated carbocycles. The molecular formula is C27H38N4O4. The molecule has 1 aliphatic heterocycles. The largest absolute Gasteiger partial charge is 0.494 e. The van der Waals surface area contributed by atoms with E-state index in [2.05, 4.69) is 21.7 Å². The van der Waals surface area contributed by atoms with Gasteiger partial charge in [-0.15, -0.1) is 0 Å². The van der Waals surface area contributed by atoms with Crippen molar-refractivity contribution in [2.75, 3.05) is 37.6 Å². The van der Waals surface area contributed by atoms with Gasteiger partial charge in [-0.05, 0) is 37.8 Å². The molecule has 4 rings (SSSR count). The molecule has 1 atom stereocenters. The Bertz CT molecular complexity index is 973. The molecule has 1 fully saturated rings. The minimum atomic E-state index is -0.468. The SMILES string of the molecule is CCCCCC(=O)OC(CN1CCCN(c2ccccn2)CC1)Cn1c(O)c2c(c1O)CC=CC2. The minimum absolute atomic E-state index is 0.0751. The number of unbranched alkanes of at least 4 members (excludes halogenated alkanes) is 2. The van der Waals surface area contributed by atoms with Crippen molar-refractivity contribution in [3.05, 3.63) is 47.7 Å². The van der Waals surface area contributed by atoms with E-state index in [0.717, 1.165) is 68.8 Å². The summed E-state index contributed by atoms with van der Waals surface area (Å²) in [6.07, 6.45) is 10.8. The number of rotatable bonds is 10. The molecule has 35 heavy (non-hydrogen) atoms. The smallest absolute Gasteiger partial charge is 0.306 e. The van der Waals surface area contributed by atoms with Crippen molar-refractivity contribution in [1.29, 1.82) is 0 Å². The molecule has 2 N–H and O–H groups in total. The van der Waals surface area contributed by atoms with E-state index in [1.165, 1.54) is 4.57 Å². The summed E-state index contributed by atoms with van der Waals surface area (Å²) < 4.78 is 7.45. The van der Waals surface area contributed by atoms with Gasteiger partial charge in [-0.3, -0.25) is 14.3 Å². The molecule has 3 heterocycles. The normalized spacial score (nSPS) is 17.1. The Kier molecular flexibility index (Phi) is 8.69. The minimum Gasteiger partial charge on any atom is -0.494 e. The standard InChI is InChI=1S/C27H38N4O4/c1-2-3-4-13-25(32)35-21(20-31-26(33)22-10-5-6-11-23(22)27(31)34)19-29-15-9-16-30(18-17-29)24-12-7-8-14-28-24/h5-8,12,14,21,33-34H,2-4,9-11,13,15-20H2,1H3. The van der Waals surface area contributed by atoms with Gasteiger partial charge >= 0.3 is 5.97 Å². The number of anilines is 1. The van der Waals surface area contributed by atoms with Crippen LogP contribution in [-0.4, -0.2) is 69.5 Å². The van der Waals surface area contributed by atoms with Gasteiger partial charge in [0.05, 0.1) is 6.54 Å². The van der Waals surface area contributed by atoms with Crippen LogP contribution >= 0.6 is 0 Å². The number of carbonyl (C=O) groups excluding carboxylic acids is 1. The number of hydrogen-bond donors (Lipinski definition) is 2. The molecule has 8 heteroatoms. The van der Waals surface area contributed by atoms with Gasteiger partial charge in [0.2, 0.25) is 0 Å². The lowest BCUT2D eigenvalue weighted by Crippen LogP contribution is -2.39. The lowest BCUT2D eigenvalue weighted by Gasteiger charge is -2.27. The third-order valence-electron chi connectivity index (χ3n) is 6.92. The van der Waals surface area contributed by atoms with Crippen molar-refractivity contribution < 1.29 is 19.7 Å². The summed E-state index contributed by atoms with van der Waals surface area (Å²) in [5.41, 5.74) is 1.53. The van der Waals surface area contributed by atoms with Crippen LogP contribution in [0.2, 0.25) is 0 Å². The van der Waals surface area contributed by atoms with Crippen LogP contribution in [0.1, 0.15) is 50.2 Å². The van der Waals surface area contributed by atoms with Crippen molar-refractivity contribution in [3.63, 3.8) is 0 Å². The fourth-order valence-corrected chi connectivity index (χ4v) is 5.01. The van der Waals surface area contributed by atoms with Crippen LogP contribution in [-0.2, 0) is 28.9 Å². The number of hydrogen-bond acceptors (Lipinski definition) is 7. The Labute approximate surface area is 207 Å². The number of esters is 1. The van der Waals surface area contributed by atoms with E-state index < -0.39 is 6.10 Å². The Balaban J connectivity index is 1.45. The number of aromatic hydroxyl groups is 2. The molecule has 0 spiro atoms. The van der Waals surface area contributed by atoms with Gasteiger partial charge in [0.1, 0.15) is 11.9 Å². The second-order valence-electron chi connectivity index (χ2n) is 9.49. The second kappa shape index (κ2) is 12.1. The third kappa shape index (κ3) is 6.36. The highest BCUT2D eigenvalue weighted by molar-refractivity contribution is 5.69. The van der Waals surface area contributed by atoms with Crippen LogP contribution in [0.25, 0.3) is 0 Å². The van der Waals surface area contributed by atoms with Crippen LogP contribution < -0.4 is 4.90 Å². The first kappa shape index (κ1) is 25.1. The van der Waals surface area contributed by atoms with Crippen LogP contribution in [0, 0.1) is 0 Å². The predicted molar refractivity (Wildman–Crippen MR) is 136 cm³/mol. The Morgan fingerprint density at radius 1 is 1.03 bits per heavy atom. The molecule has 1 unspecified atom stereocenters. The first-order chi connectivity index (χ1) is 17.1. The monoisotopic (exact) mass is 482 g/mol. The summed E-state index contributed by atoms with van der Waals surface area (Å²) in [5, 5.41) is 21.6. The van der Waals surface area contributed by atoms with Crippen LogP contribution in [0.3, 0.4) is 0 Å². The highest BCUT2D eigenvalue weighted by Gasteiger charge is 2.27. The maximum Gasteiger partial charge on any atom is 0.306 e. The maximum absolute atomic E-state index is 12.6. The van der Waals surface area contributed by atoms with Crippen molar-refractivity contribution in [3.8, 4) is 11.8 Å². The number of nitrogens with zero attached hydrogens (tertiary/aromatic N) is 4. The average Bonchev–Trinajstić information content (AvgIpc) is 3.01. The highest BCUT2D eigenvalue weighted by atomic mass is 16.5. The van der Waals surface area contributed by atoms with E-state index in [9.17, 15) is 15.0 Å². The van der Waals surface area contributed by atoms with Crippen molar-refractivity contribution in [2.45, 2.75) is 64.5 Å². The molecular weight excluding hydrogens is 444 g/mol. The van der Waals surface area contributed by atoms with E-state index in [0.29, 0.717) is 25.8 Å². The molecule has 2 aromatic rings. The summed E-state index contributed by atoms with van der Waals surface area (Å²) >= 11 is 0. The van der Waals surface area contributed by atoms with Gasteiger partial charge in [0.15, 0.2) is 11.8 Å². The van der Waals surface area contributed by atoms with Crippen LogP contribution in [0.4, 0.5) is 5.82 Å². The molecule has 1 aliphatic carbocycles. The fourth-order valence-electron chi connectivity index (χ4n) is 5.01. The summed E-state index contributed by atoms with van der Waals surface area (Å²) in [5.74, 6) is 0.915. The maximum atomic E-state index is 12.6. The number of allylic oxidation sites excluding steroid dienone is 2. The second-order valence-corrected chi connectivity index (χ2v) is 9.49. The molecule has 0 amide bonds. The molecule has 2 aromatic heterocycles. The van der Waals surface area contributed by atoms with Crippen LogP contribution in [0.15, 0.2) is 36.5 Å². The average molecular weight is 483 g/mol. The quantitative estimate of drug-likeness (QED) is 0.303. The van der Waals surface area contributed by atoms with E-state index in [4.69, 9.17) is 4.74 Å². The summed E-state index contributed by atoms with van der Waals surface area (Å²) in [6, 6.07) is 5.96. The molecule has 0 radical (unpaired) electrons. The fraction of sp³-hybridized carbons (Fsp3) is 0.556. The zero-order valence-corrected chi connectivity index (χ0v) is 20.7.